The summed E-state index contributed by atoms with van der Waals surface area (Å²) in [5.74, 6) is 0.325. The first-order chi connectivity index (χ1) is 8.19. The Morgan fingerprint density at radius 1 is 1.35 bits per heavy atom. The Bertz CT molecular complexity index is 536. The average Bonchev–Trinajstić information content (AvgIpc) is 2.34. The van der Waals surface area contributed by atoms with E-state index in [-0.39, 0.29) is 5.02 Å². The van der Waals surface area contributed by atoms with E-state index in [1.807, 2.05) is 0 Å². The number of rotatable bonds is 3. The molecule has 0 bridgehead atoms. The Kier molecular flexibility index (Phi) is 3.39. The van der Waals surface area contributed by atoms with Crippen LogP contribution in [0.3, 0.4) is 0 Å². The normalized spacial score (nSPS) is 10.1. The van der Waals surface area contributed by atoms with Gasteiger partial charge in [0.05, 0.1) is 12.1 Å². The van der Waals surface area contributed by atoms with E-state index in [4.69, 9.17) is 16.3 Å². The summed E-state index contributed by atoms with van der Waals surface area (Å²) < 4.78 is 17.9. The van der Waals surface area contributed by atoms with E-state index in [0.717, 1.165) is 0 Å². The molecule has 0 aliphatic heterocycles. The van der Waals surface area contributed by atoms with Crippen LogP contribution in [-0.4, -0.2) is 17.1 Å². The number of hydrogen-bond donors (Lipinski definition) is 1. The Labute approximate surface area is 102 Å². The monoisotopic (exact) mass is 253 g/mol. The number of nitrogens with zero attached hydrogens (tertiary/aromatic N) is 2. The molecule has 0 atom stereocenters. The highest BCUT2D eigenvalue weighted by atomic mass is 35.5. The Morgan fingerprint density at radius 2 is 2.18 bits per heavy atom. The summed E-state index contributed by atoms with van der Waals surface area (Å²) in [5, 5.41) is 2.93. The van der Waals surface area contributed by atoms with Gasteiger partial charge in [-0.1, -0.05) is 11.6 Å². The van der Waals surface area contributed by atoms with E-state index in [0.29, 0.717) is 17.5 Å². The molecule has 1 aromatic carbocycles. The number of ether oxygens (including phenoxy) is 1. The van der Waals surface area contributed by atoms with Crippen molar-refractivity contribution in [2.45, 2.75) is 0 Å². The maximum atomic E-state index is 12.9. The van der Waals surface area contributed by atoms with Gasteiger partial charge in [0.25, 0.3) is 0 Å². The molecule has 0 fully saturated rings. The second kappa shape index (κ2) is 4.97. The van der Waals surface area contributed by atoms with Crippen LogP contribution in [-0.2, 0) is 0 Å². The third kappa shape index (κ3) is 2.82. The van der Waals surface area contributed by atoms with Crippen LogP contribution in [0.15, 0.2) is 30.5 Å². The minimum absolute atomic E-state index is 0.0397. The van der Waals surface area contributed by atoms with Gasteiger partial charge in [-0.3, -0.25) is 0 Å². The van der Waals surface area contributed by atoms with Crippen molar-refractivity contribution in [1.29, 1.82) is 0 Å². The lowest BCUT2D eigenvalue weighted by Crippen LogP contribution is -1.98. The lowest BCUT2D eigenvalue weighted by Gasteiger charge is -2.06. The second-order valence-corrected chi connectivity index (χ2v) is 3.58. The molecule has 0 radical (unpaired) electrons. The summed E-state index contributed by atoms with van der Waals surface area (Å²) in [4.78, 5) is 8.05. The lowest BCUT2D eigenvalue weighted by atomic mass is 10.3. The number of anilines is 2. The Morgan fingerprint density at radius 3 is 2.88 bits per heavy atom. The molecule has 0 spiro atoms. The Hall–Kier alpha value is -1.88. The van der Waals surface area contributed by atoms with Gasteiger partial charge in [-0.25, -0.2) is 9.37 Å². The second-order valence-electron chi connectivity index (χ2n) is 3.18. The molecule has 17 heavy (non-hydrogen) atoms. The van der Waals surface area contributed by atoms with Gasteiger partial charge in [0.1, 0.15) is 5.82 Å². The number of hydrogen-bond acceptors (Lipinski definition) is 4. The average molecular weight is 254 g/mol. The molecule has 2 rings (SSSR count). The van der Waals surface area contributed by atoms with E-state index in [2.05, 4.69) is 15.3 Å². The highest BCUT2D eigenvalue weighted by molar-refractivity contribution is 6.31. The van der Waals surface area contributed by atoms with E-state index in [1.54, 1.807) is 18.3 Å². The van der Waals surface area contributed by atoms with Crippen molar-refractivity contribution >= 4 is 23.2 Å². The minimum atomic E-state index is -0.469. The minimum Gasteiger partial charge on any atom is -0.481 e. The molecular formula is C11H9ClFN3O. The van der Waals surface area contributed by atoms with Gasteiger partial charge in [-0.05, 0) is 18.2 Å². The smallest absolute Gasteiger partial charge is 0.230 e. The van der Waals surface area contributed by atoms with Crippen LogP contribution in [0, 0.1) is 5.82 Å². The zero-order valence-corrected chi connectivity index (χ0v) is 9.70. The highest BCUT2D eigenvalue weighted by Gasteiger charge is 2.03. The van der Waals surface area contributed by atoms with Gasteiger partial charge in [-0.2, -0.15) is 4.98 Å². The third-order valence-corrected chi connectivity index (χ3v) is 2.30. The van der Waals surface area contributed by atoms with Crippen LogP contribution in [0.2, 0.25) is 5.02 Å². The molecule has 88 valence electrons. The molecule has 0 saturated carbocycles. The number of benzene rings is 1. The van der Waals surface area contributed by atoms with Crippen LogP contribution < -0.4 is 10.1 Å². The topological polar surface area (TPSA) is 47.0 Å². The molecule has 1 heterocycles. The lowest BCUT2D eigenvalue weighted by molar-refractivity contribution is 0.397. The first-order valence-corrected chi connectivity index (χ1v) is 5.16. The van der Waals surface area contributed by atoms with E-state index >= 15 is 0 Å². The van der Waals surface area contributed by atoms with Gasteiger partial charge in [-0.15, -0.1) is 0 Å². The fraction of sp³-hybridized carbons (Fsp3) is 0.0909. The van der Waals surface area contributed by atoms with Crippen LogP contribution >= 0.6 is 11.6 Å². The van der Waals surface area contributed by atoms with E-state index < -0.39 is 5.82 Å². The number of nitrogens with one attached hydrogen (secondary N) is 1. The summed E-state index contributed by atoms with van der Waals surface area (Å²) in [5.41, 5.74) is 0.602. The van der Waals surface area contributed by atoms with Crippen LogP contribution in [0.5, 0.6) is 5.88 Å². The summed E-state index contributed by atoms with van der Waals surface area (Å²) in [6.45, 7) is 0. The fourth-order valence-corrected chi connectivity index (χ4v) is 1.40. The predicted octanol–water partition coefficient (Wildman–Crippen LogP) is 3.02. The summed E-state index contributed by atoms with van der Waals surface area (Å²) in [6, 6.07) is 5.90. The van der Waals surface area contributed by atoms with Crippen molar-refractivity contribution in [3.8, 4) is 5.88 Å². The molecular weight excluding hydrogens is 245 g/mol. The molecule has 2 aromatic rings. The van der Waals surface area contributed by atoms with Crippen LogP contribution in [0.4, 0.5) is 16.0 Å². The summed E-state index contributed by atoms with van der Waals surface area (Å²) >= 11 is 5.66. The van der Waals surface area contributed by atoms with Gasteiger partial charge in [0.2, 0.25) is 11.8 Å². The van der Waals surface area contributed by atoms with Crippen molar-refractivity contribution in [1.82, 2.24) is 9.97 Å². The molecule has 0 amide bonds. The molecule has 6 heteroatoms. The van der Waals surface area contributed by atoms with Crippen molar-refractivity contribution in [2.24, 2.45) is 0 Å². The third-order valence-electron chi connectivity index (χ3n) is 2.01. The van der Waals surface area contributed by atoms with Crippen molar-refractivity contribution in [2.75, 3.05) is 12.4 Å². The predicted molar refractivity (Wildman–Crippen MR) is 63.3 cm³/mol. The number of aromatic nitrogens is 2. The van der Waals surface area contributed by atoms with Crippen molar-refractivity contribution < 1.29 is 9.13 Å². The SMILES string of the molecule is COc1ccnc(Nc2ccc(F)c(Cl)c2)n1. The molecule has 0 aliphatic carbocycles. The quantitative estimate of drug-likeness (QED) is 0.913. The number of methoxy groups -OCH3 is 1. The van der Waals surface area contributed by atoms with Gasteiger partial charge in [0, 0.05) is 18.0 Å². The molecule has 0 aliphatic rings. The van der Waals surface area contributed by atoms with Gasteiger partial charge < -0.3 is 10.1 Å². The summed E-state index contributed by atoms with van der Waals surface area (Å²) in [6.07, 6.45) is 1.55. The van der Waals surface area contributed by atoms with Gasteiger partial charge >= 0.3 is 0 Å². The molecule has 1 aromatic heterocycles. The first kappa shape index (κ1) is 11.6. The zero-order chi connectivity index (χ0) is 12.3. The largest absolute Gasteiger partial charge is 0.481 e. The number of halogens is 2. The highest BCUT2D eigenvalue weighted by Crippen LogP contribution is 2.21. The maximum absolute atomic E-state index is 12.9. The molecule has 1 N–H and O–H groups in total. The van der Waals surface area contributed by atoms with Crippen LogP contribution in [0.25, 0.3) is 0 Å². The molecule has 0 unspecified atom stereocenters. The van der Waals surface area contributed by atoms with Gasteiger partial charge in [0.15, 0.2) is 0 Å². The summed E-state index contributed by atoms with van der Waals surface area (Å²) in [7, 11) is 1.51. The first-order valence-electron chi connectivity index (χ1n) is 4.78. The standard InChI is InChI=1S/C11H9ClFN3O/c1-17-10-4-5-14-11(16-10)15-7-2-3-9(13)8(12)6-7/h2-6H,1H3,(H,14,15,16). The van der Waals surface area contributed by atoms with Crippen molar-refractivity contribution in [3.05, 3.63) is 41.3 Å². The molecule has 0 saturated heterocycles. The fourth-order valence-electron chi connectivity index (χ4n) is 1.22. The Balaban J connectivity index is 2.22. The van der Waals surface area contributed by atoms with Crippen LogP contribution in [0.1, 0.15) is 0 Å². The maximum Gasteiger partial charge on any atom is 0.230 e. The van der Waals surface area contributed by atoms with E-state index in [9.17, 15) is 4.39 Å². The van der Waals surface area contributed by atoms with Crippen molar-refractivity contribution in [3.63, 3.8) is 0 Å². The zero-order valence-electron chi connectivity index (χ0n) is 8.95. The molecule has 4 nitrogen and oxygen atoms in total. The van der Waals surface area contributed by atoms with E-state index in [1.165, 1.54) is 19.2 Å².